The number of likely N-dealkylation sites (tertiary alicyclic amines) is 1. The first-order valence-electron chi connectivity index (χ1n) is 6.57. The normalized spacial score (nSPS) is 24.2. The van der Waals surface area contributed by atoms with Crippen molar-refractivity contribution in [1.29, 1.82) is 0 Å². The topological polar surface area (TPSA) is 77.0 Å². The monoisotopic (exact) mass is 251 g/mol. The fourth-order valence-corrected chi connectivity index (χ4v) is 2.66. The first-order chi connectivity index (χ1) is 8.72. The maximum Gasteiger partial charge on any atom is 0.224 e. The van der Waals surface area contributed by atoms with Gasteiger partial charge in [0.2, 0.25) is 5.91 Å². The fourth-order valence-electron chi connectivity index (χ4n) is 2.66. The molecule has 2 atom stereocenters. The van der Waals surface area contributed by atoms with Crippen LogP contribution in [0.4, 0.5) is 0 Å². The third-order valence-corrected chi connectivity index (χ3v) is 3.61. The van der Waals surface area contributed by atoms with Gasteiger partial charge in [0.25, 0.3) is 0 Å². The average Bonchev–Trinajstić information content (AvgIpc) is 2.88. The van der Waals surface area contributed by atoms with Crippen LogP contribution in [0.15, 0.2) is 12.4 Å². The summed E-state index contributed by atoms with van der Waals surface area (Å²) in [5, 5.41) is 7.59. The molecular formula is C12H21N5O. The van der Waals surface area contributed by atoms with E-state index in [1.165, 1.54) is 0 Å². The molecule has 6 nitrogen and oxygen atoms in total. The van der Waals surface area contributed by atoms with Crippen molar-refractivity contribution in [3.8, 4) is 0 Å². The molecule has 2 N–H and O–H groups in total. The Kier molecular flexibility index (Phi) is 4.30. The lowest BCUT2D eigenvalue weighted by Crippen LogP contribution is -2.52. The third-order valence-electron chi connectivity index (χ3n) is 3.61. The molecule has 1 aliphatic rings. The van der Waals surface area contributed by atoms with Gasteiger partial charge in [-0.2, -0.15) is 0 Å². The quantitative estimate of drug-likeness (QED) is 0.840. The number of aryl methyl sites for hydroxylation is 1. The van der Waals surface area contributed by atoms with Crippen molar-refractivity contribution in [1.82, 2.24) is 19.9 Å². The van der Waals surface area contributed by atoms with E-state index in [4.69, 9.17) is 5.73 Å². The molecule has 2 rings (SSSR count). The maximum absolute atomic E-state index is 12.3. The third kappa shape index (κ3) is 2.87. The number of carbonyl (C=O) groups excluding carboxylic acids is 1. The minimum Gasteiger partial charge on any atom is -0.336 e. The van der Waals surface area contributed by atoms with Gasteiger partial charge in [-0.25, -0.2) is 0 Å². The van der Waals surface area contributed by atoms with E-state index in [0.29, 0.717) is 25.6 Å². The van der Waals surface area contributed by atoms with Gasteiger partial charge in [-0.15, -0.1) is 5.10 Å². The highest BCUT2D eigenvalue weighted by Gasteiger charge is 2.30. The number of hydrogen-bond acceptors (Lipinski definition) is 4. The molecular weight excluding hydrogens is 230 g/mol. The summed E-state index contributed by atoms with van der Waals surface area (Å²) in [6.07, 6.45) is 7.12. The number of piperidine rings is 1. The first-order valence-corrected chi connectivity index (χ1v) is 6.57. The van der Waals surface area contributed by atoms with Crippen LogP contribution in [-0.4, -0.2) is 44.4 Å². The molecule has 2 unspecified atom stereocenters. The Labute approximate surface area is 107 Å². The zero-order chi connectivity index (χ0) is 13.0. The van der Waals surface area contributed by atoms with E-state index in [2.05, 4.69) is 17.2 Å². The summed E-state index contributed by atoms with van der Waals surface area (Å²) in [7, 11) is 0. The average molecular weight is 251 g/mol. The highest BCUT2D eigenvalue weighted by Crippen LogP contribution is 2.23. The molecule has 0 aromatic carbocycles. The second-order valence-corrected chi connectivity index (χ2v) is 4.89. The van der Waals surface area contributed by atoms with Gasteiger partial charge >= 0.3 is 0 Å². The number of nitrogens with zero attached hydrogens (tertiary/aromatic N) is 4. The van der Waals surface area contributed by atoms with Crippen molar-refractivity contribution in [2.75, 3.05) is 6.54 Å². The molecule has 1 aromatic heterocycles. The van der Waals surface area contributed by atoms with Crippen LogP contribution in [0.5, 0.6) is 0 Å². The van der Waals surface area contributed by atoms with E-state index in [0.717, 1.165) is 19.3 Å². The van der Waals surface area contributed by atoms with Crippen molar-refractivity contribution in [2.45, 2.75) is 51.2 Å². The first kappa shape index (κ1) is 13.0. The van der Waals surface area contributed by atoms with Crippen molar-refractivity contribution in [3.63, 3.8) is 0 Å². The van der Waals surface area contributed by atoms with Gasteiger partial charge in [-0.1, -0.05) is 5.21 Å². The Morgan fingerprint density at radius 2 is 2.33 bits per heavy atom. The van der Waals surface area contributed by atoms with Crippen molar-refractivity contribution in [3.05, 3.63) is 12.4 Å². The van der Waals surface area contributed by atoms with E-state index < -0.39 is 0 Å². The molecule has 2 heterocycles. The minimum atomic E-state index is 0.174. The minimum absolute atomic E-state index is 0.174. The molecule has 1 aliphatic heterocycles. The van der Waals surface area contributed by atoms with Gasteiger partial charge in [0.15, 0.2) is 0 Å². The summed E-state index contributed by atoms with van der Waals surface area (Å²) in [5.74, 6) is 0.174. The predicted octanol–water partition coefficient (Wildman–Crippen LogP) is 0.396. The summed E-state index contributed by atoms with van der Waals surface area (Å²) in [4.78, 5) is 14.3. The Balaban J connectivity index is 1.93. The Morgan fingerprint density at radius 1 is 1.50 bits per heavy atom. The van der Waals surface area contributed by atoms with E-state index in [9.17, 15) is 4.79 Å². The van der Waals surface area contributed by atoms with Crippen molar-refractivity contribution < 1.29 is 4.79 Å². The van der Waals surface area contributed by atoms with Crippen LogP contribution in [-0.2, 0) is 11.3 Å². The van der Waals surface area contributed by atoms with Crippen LogP contribution in [0.2, 0.25) is 0 Å². The lowest BCUT2D eigenvalue weighted by molar-refractivity contribution is -0.137. The van der Waals surface area contributed by atoms with Crippen LogP contribution in [0.3, 0.4) is 0 Å². The SMILES string of the molecule is CC1CCCC(CN)N1C(=O)CCn1ccnn1. The molecule has 0 radical (unpaired) electrons. The molecule has 6 heteroatoms. The van der Waals surface area contributed by atoms with E-state index in [1.807, 2.05) is 4.90 Å². The van der Waals surface area contributed by atoms with E-state index in [1.54, 1.807) is 17.1 Å². The zero-order valence-electron chi connectivity index (χ0n) is 10.8. The van der Waals surface area contributed by atoms with Crippen LogP contribution < -0.4 is 5.73 Å². The van der Waals surface area contributed by atoms with Gasteiger partial charge in [0.1, 0.15) is 0 Å². The summed E-state index contributed by atoms with van der Waals surface area (Å²) >= 11 is 0. The number of hydrogen-bond donors (Lipinski definition) is 1. The van der Waals surface area contributed by atoms with Crippen LogP contribution in [0.1, 0.15) is 32.6 Å². The second kappa shape index (κ2) is 5.95. The smallest absolute Gasteiger partial charge is 0.224 e. The zero-order valence-corrected chi connectivity index (χ0v) is 10.8. The fraction of sp³-hybridized carbons (Fsp3) is 0.750. The molecule has 1 amide bonds. The molecule has 18 heavy (non-hydrogen) atoms. The summed E-state index contributed by atoms with van der Waals surface area (Å²) in [6, 6.07) is 0.507. The number of carbonyl (C=O) groups is 1. The van der Waals surface area contributed by atoms with Crippen LogP contribution >= 0.6 is 0 Å². The maximum atomic E-state index is 12.3. The Hall–Kier alpha value is -1.43. The number of nitrogens with two attached hydrogens (primary N) is 1. The van der Waals surface area contributed by atoms with Gasteiger partial charge in [0, 0.05) is 31.2 Å². The Morgan fingerprint density at radius 3 is 3.00 bits per heavy atom. The van der Waals surface area contributed by atoms with E-state index >= 15 is 0 Å². The largest absolute Gasteiger partial charge is 0.336 e. The van der Waals surface area contributed by atoms with Gasteiger partial charge < -0.3 is 10.6 Å². The molecule has 100 valence electrons. The number of aromatic nitrogens is 3. The number of amides is 1. The summed E-state index contributed by atoms with van der Waals surface area (Å²) < 4.78 is 1.68. The molecule has 1 aromatic rings. The lowest BCUT2D eigenvalue weighted by Gasteiger charge is -2.40. The standard InChI is InChI=1S/C12H21N5O/c1-10-3-2-4-11(9-13)17(10)12(18)5-7-16-8-6-14-15-16/h6,8,10-11H,2-5,7,9,13H2,1H3. The summed E-state index contributed by atoms with van der Waals surface area (Å²) in [5.41, 5.74) is 5.76. The molecule has 0 spiro atoms. The molecule has 1 fully saturated rings. The molecule has 0 bridgehead atoms. The Bertz CT molecular complexity index is 378. The van der Waals surface area contributed by atoms with E-state index in [-0.39, 0.29) is 11.9 Å². The van der Waals surface area contributed by atoms with Gasteiger partial charge in [-0.05, 0) is 26.2 Å². The highest BCUT2D eigenvalue weighted by atomic mass is 16.2. The van der Waals surface area contributed by atoms with Gasteiger partial charge in [0.05, 0.1) is 12.7 Å². The molecule has 0 saturated carbocycles. The number of rotatable bonds is 4. The van der Waals surface area contributed by atoms with Crippen molar-refractivity contribution in [2.24, 2.45) is 5.73 Å². The van der Waals surface area contributed by atoms with Crippen LogP contribution in [0.25, 0.3) is 0 Å². The molecule has 1 saturated heterocycles. The highest BCUT2D eigenvalue weighted by molar-refractivity contribution is 5.77. The second-order valence-electron chi connectivity index (χ2n) is 4.89. The predicted molar refractivity (Wildman–Crippen MR) is 67.6 cm³/mol. The van der Waals surface area contributed by atoms with Gasteiger partial charge in [-0.3, -0.25) is 9.48 Å². The summed E-state index contributed by atoms with van der Waals surface area (Å²) in [6.45, 7) is 3.24. The molecule has 0 aliphatic carbocycles. The lowest BCUT2D eigenvalue weighted by atomic mass is 9.96. The van der Waals surface area contributed by atoms with Crippen LogP contribution in [0, 0.1) is 0 Å². The van der Waals surface area contributed by atoms with Crippen molar-refractivity contribution >= 4 is 5.91 Å².